The lowest BCUT2D eigenvalue weighted by atomic mass is 9.89. The van der Waals surface area contributed by atoms with E-state index in [0.29, 0.717) is 5.92 Å². The Kier molecular flexibility index (Phi) is 3.38. The Labute approximate surface area is 97.3 Å². The second-order valence-corrected chi connectivity index (χ2v) is 5.66. The van der Waals surface area contributed by atoms with Crippen LogP contribution in [0.5, 0.6) is 0 Å². The van der Waals surface area contributed by atoms with Gasteiger partial charge in [-0.05, 0) is 18.8 Å². The molecule has 2 saturated heterocycles. The Morgan fingerprint density at radius 3 is 2.88 bits per heavy atom. The number of hydrogen-bond acceptors (Lipinski definition) is 2. The number of urea groups is 1. The van der Waals surface area contributed by atoms with Crippen LogP contribution < -0.4 is 5.32 Å². The minimum Gasteiger partial charge on any atom is -0.380 e. The quantitative estimate of drug-likeness (QED) is 0.774. The van der Waals surface area contributed by atoms with Crippen LogP contribution in [-0.4, -0.2) is 43.8 Å². The number of piperidine rings is 1. The fourth-order valence-electron chi connectivity index (χ4n) is 2.33. The number of ether oxygens (including phenoxy) is 1. The van der Waals surface area contributed by atoms with Crippen LogP contribution in [0.25, 0.3) is 0 Å². The molecule has 2 rings (SSSR count). The zero-order chi connectivity index (χ0) is 11.6. The fourth-order valence-corrected chi connectivity index (χ4v) is 2.33. The molecule has 0 bridgehead atoms. The Balaban J connectivity index is 1.74. The molecule has 0 saturated carbocycles. The molecule has 0 aromatic carbocycles. The van der Waals surface area contributed by atoms with E-state index in [-0.39, 0.29) is 11.4 Å². The molecule has 1 unspecified atom stereocenters. The van der Waals surface area contributed by atoms with Gasteiger partial charge in [0.05, 0.1) is 13.2 Å². The van der Waals surface area contributed by atoms with Crippen LogP contribution >= 0.6 is 0 Å². The van der Waals surface area contributed by atoms with Crippen LogP contribution in [-0.2, 0) is 4.74 Å². The topological polar surface area (TPSA) is 41.6 Å². The molecule has 0 aromatic rings. The average Bonchev–Trinajstić information content (AvgIpc) is 2.23. The molecule has 2 aliphatic rings. The minimum absolute atomic E-state index is 0.0969. The summed E-state index contributed by atoms with van der Waals surface area (Å²) >= 11 is 0. The molecule has 1 N–H and O–H groups in total. The molecule has 4 heteroatoms. The van der Waals surface area contributed by atoms with Crippen molar-refractivity contribution in [3.05, 3.63) is 0 Å². The SMILES string of the molecule is CC1CCCN(C(=O)NCC2(C)COC2)C1. The first kappa shape index (κ1) is 11.7. The van der Waals surface area contributed by atoms with Gasteiger partial charge >= 0.3 is 6.03 Å². The highest BCUT2D eigenvalue weighted by Gasteiger charge is 2.34. The van der Waals surface area contributed by atoms with Gasteiger partial charge in [0.15, 0.2) is 0 Å². The smallest absolute Gasteiger partial charge is 0.317 e. The highest BCUT2D eigenvalue weighted by Crippen LogP contribution is 2.25. The molecule has 0 aliphatic carbocycles. The van der Waals surface area contributed by atoms with Gasteiger partial charge in [0.25, 0.3) is 0 Å². The van der Waals surface area contributed by atoms with Gasteiger partial charge in [-0.2, -0.15) is 0 Å². The number of carbonyl (C=O) groups is 1. The van der Waals surface area contributed by atoms with E-state index in [2.05, 4.69) is 19.2 Å². The van der Waals surface area contributed by atoms with E-state index in [9.17, 15) is 4.79 Å². The second-order valence-electron chi connectivity index (χ2n) is 5.66. The Morgan fingerprint density at radius 2 is 2.31 bits per heavy atom. The summed E-state index contributed by atoms with van der Waals surface area (Å²) in [5.41, 5.74) is 0.164. The largest absolute Gasteiger partial charge is 0.380 e. The number of nitrogens with one attached hydrogen (secondary N) is 1. The van der Waals surface area contributed by atoms with E-state index >= 15 is 0 Å². The predicted octanol–water partition coefficient (Wildman–Crippen LogP) is 1.46. The molecule has 2 fully saturated rings. The van der Waals surface area contributed by atoms with Crippen LogP contribution in [0.1, 0.15) is 26.7 Å². The molecular weight excluding hydrogens is 204 g/mol. The highest BCUT2D eigenvalue weighted by atomic mass is 16.5. The van der Waals surface area contributed by atoms with Crippen molar-refractivity contribution in [3.63, 3.8) is 0 Å². The van der Waals surface area contributed by atoms with Crippen molar-refractivity contribution in [2.24, 2.45) is 11.3 Å². The Morgan fingerprint density at radius 1 is 1.56 bits per heavy atom. The monoisotopic (exact) mass is 226 g/mol. The van der Waals surface area contributed by atoms with Crippen molar-refractivity contribution < 1.29 is 9.53 Å². The highest BCUT2D eigenvalue weighted by molar-refractivity contribution is 5.74. The third kappa shape index (κ3) is 2.67. The first-order valence-corrected chi connectivity index (χ1v) is 6.20. The van der Waals surface area contributed by atoms with Gasteiger partial charge < -0.3 is 15.0 Å². The normalized spacial score (nSPS) is 28.4. The molecule has 92 valence electrons. The molecule has 0 radical (unpaired) electrons. The molecule has 16 heavy (non-hydrogen) atoms. The van der Waals surface area contributed by atoms with Gasteiger partial charge in [0.2, 0.25) is 0 Å². The number of amides is 2. The molecule has 4 nitrogen and oxygen atoms in total. The van der Waals surface area contributed by atoms with Gasteiger partial charge in [0, 0.05) is 25.0 Å². The van der Waals surface area contributed by atoms with E-state index in [1.165, 1.54) is 6.42 Å². The minimum atomic E-state index is 0.0969. The van der Waals surface area contributed by atoms with Crippen LogP contribution in [0.2, 0.25) is 0 Å². The summed E-state index contributed by atoms with van der Waals surface area (Å²) in [7, 11) is 0. The van der Waals surface area contributed by atoms with Crippen molar-refractivity contribution >= 4 is 6.03 Å². The molecular formula is C12H22N2O2. The molecule has 2 amide bonds. The summed E-state index contributed by atoms with van der Waals surface area (Å²) < 4.78 is 5.17. The van der Waals surface area contributed by atoms with E-state index in [1.807, 2.05) is 4.90 Å². The maximum atomic E-state index is 11.9. The van der Waals surface area contributed by atoms with Crippen molar-refractivity contribution in [1.82, 2.24) is 10.2 Å². The summed E-state index contributed by atoms with van der Waals surface area (Å²) in [6, 6.07) is 0.0969. The van der Waals surface area contributed by atoms with E-state index < -0.39 is 0 Å². The number of hydrogen-bond donors (Lipinski definition) is 1. The fraction of sp³-hybridized carbons (Fsp3) is 0.917. The standard InChI is InChI=1S/C12H22N2O2/c1-10-4-3-5-14(6-10)11(15)13-7-12(2)8-16-9-12/h10H,3-9H2,1-2H3,(H,13,15). The second kappa shape index (κ2) is 4.62. The maximum absolute atomic E-state index is 11.9. The van der Waals surface area contributed by atoms with Gasteiger partial charge in [-0.3, -0.25) is 0 Å². The first-order valence-electron chi connectivity index (χ1n) is 6.20. The number of carbonyl (C=O) groups excluding carboxylic acids is 1. The lowest BCUT2D eigenvalue weighted by Gasteiger charge is -2.39. The average molecular weight is 226 g/mol. The summed E-state index contributed by atoms with van der Waals surface area (Å²) in [5, 5.41) is 3.02. The van der Waals surface area contributed by atoms with Gasteiger partial charge in [-0.25, -0.2) is 4.79 Å². The van der Waals surface area contributed by atoms with Crippen molar-refractivity contribution in [2.75, 3.05) is 32.8 Å². The molecule has 0 aromatic heterocycles. The van der Waals surface area contributed by atoms with E-state index in [4.69, 9.17) is 4.74 Å². The molecule has 2 aliphatic heterocycles. The lowest BCUT2D eigenvalue weighted by molar-refractivity contribution is -0.0979. The molecule has 2 heterocycles. The van der Waals surface area contributed by atoms with E-state index in [0.717, 1.165) is 39.3 Å². The summed E-state index contributed by atoms with van der Waals surface area (Å²) in [6.45, 7) is 8.43. The van der Waals surface area contributed by atoms with Crippen molar-refractivity contribution in [1.29, 1.82) is 0 Å². The van der Waals surface area contributed by atoms with Crippen LogP contribution in [0.15, 0.2) is 0 Å². The lowest BCUT2D eigenvalue weighted by Crippen LogP contribution is -2.52. The maximum Gasteiger partial charge on any atom is 0.317 e. The Bertz CT molecular complexity index is 264. The van der Waals surface area contributed by atoms with E-state index in [1.54, 1.807) is 0 Å². The van der Waals surface area contributed by atoms with Crippen LogP contribution in [0, 0.1) is 11.3 Å². The number of nitrogens with zero attached hydrogens (tertiary/aromatic N) is 1. The number of rotatable bonds is 2. The Hall–Kier alpha value is -0.770. The zero-order valence-corrected chi connectivity index (χ0v) is 10.3. The summed E-state index contributed by atoms with van der Waals surface area (Å²) in [5.74, 6) is 0.641. The van der Waals surface area contributed by atoms with Gasteiger partial charge in [-0.1, -0.05) is 13.8 Å². The van der Waals surface area contributed by atoms with Gasteiger partial charge in [0.1, 0.15) is 0 Å². The number of likely N-dealkylation sites (tertiary alicyclic amines) is 1. The van der Waals surface area contributed by atoms with Gasteiger partial charge in [-0.15, -0.1) is 0 Å². The first-order chi connectivity index (χ1) is 7.59. The summed E-state index contributed by atoms with van der Waals surface area (Å²) in [4.78, 5) is 13.8. The molecule has 0 spiro atoms. The third-order valence-corrected chi connectivity index (χ3v) is 3.51. The van der Waals surface area contributed by atoms with Crippen molar-refractivity contribution in [2.45, 2.75) is 26.7 Å². The third-order valence-electron chi connectivity index (χ3n) is 3.51. The van der Waals surface area contributed by atoms with Crippen LogP contribution in [0.4, 0.5) is 4.79 Å². The summed E-state index contributed by atoms with van der Waals surface area (Å²) in [6.07, 6.45) is 2.38. The zero-order valence-electron chi connectivity index (χ0n) is 10.3. The van der Waals surface area contributed by atoms with Crippen LogP contribution in [0.3, 0.4) is 0 Å². The molecule has 1 atom stereocenters. The predicted molar refractivity (Wildman–Crippen MR) is 62.3 cm³/mol. The van der Waals surface area contributed by atoms with Crippen molar-refractivity contribution in [3.8, 4) is 0 Å².